The van der Waals surface area contributed by atoms with Gasteiger partial charge < -0.3 is 9.84 Å². The van der Waals surface area contributed by atoms with Crippen LogP contribution in [0.3, 0.4) is 0 Å². The maximum atomic E-state index is 13.4. The van der Waals surface area contributed by atoms with Gasteiger partial charge >= 0.3 is 5.91 Å². The second-order valence-corrected chi connectivity index (χ2v) is 12.3. The molecule has 0 bridgehead atoms. The molecule has 4 heterocycles. The zero-order valence-corrected chi connectivity index (χ0v) is 24.0. The number of ketones is 1. The molecule has 0 aliphatic carbocycles. The Hall–Kier alpha value is -3.44. The van der Waals surface area contributed by atoms with Crippen molar-refractivity contribution in [3.05, 3.63) is 98.8 Å². The van der Waals surface area contributed by atoms with Crippen LogP contribution in [0.15, 0.2) is 70.8 Å². The van der Waals surface area contributed by atoms with Gasteiger partial charge in [-0.2, -0.15) is 0 Å². The van der Waals surface area contributed by atoms with E-state index in [1.165, 1.54) is 28.0 Å². The quantitative estimate of drug-likeness (QED) is 0.0869. The molecule has 40 heavy (non-hydrogen) atoms. The molecule has 1 fully saturated rings. The van der Waals surface area contributed by atoms with Gasteiger partial charge in [-0.25, -0.2) is 0 Å². The van der Waals surface area contributed by atoms with Crippen LogP contribution in [0.25, 0.3) is 5.76 Å². The number of carbonyl (C=O) groups is 2. The lowest BCUT2D eigenvalue weighted by molar-refractivity contribution is -0.132. The van der Waals surface area contributed by atoms with E-state index in [9.17, 15) is 14.7 Å². The van der Waals surface area contributed by atoms with Gasteiger partial charge in [0.25, 0.3) is 5.78 Å². The molecule has 12 heteroatoms. The maximum absolute atomic E-state index is 13.4. The number of pyridine rings is 1. The van der Waals surface area contributed by atoms with Gasteiger partial charge in [-0.3, -0.25) is 19.5 Å². The number of hydrogen-bond acceptors (Lipinski definition) is 9. The summed E-state index contributed by atoms with van der Waals surface area (Å²) in [6.45, 7) is 1.96. The fourth-order valence-corrected chi connectivity index (χ4v) is 7.17. The summed E-state index contributed by atoms with van der Waals surface area (Å²) in [4.78, 5) is 32.3. The van der Waals surface area contributed by atoms with E-state index in [1.54, 1.807) is 54.9 Å². The molecule has 2 aromatic heterocycles. The van der Waals surface area contributed by atoms with E-state index in [-0.39, 0.29) is 22.6 Å². The molecule has 4 aromatic rings. The van der Waals surface area contributed by atoms with Crippen LogP contribution in [0.1, 0.15) is 35.2 Å². The Morgan fingerprint density at radius 2 is 2.02 bits per heavy atom. The van der Waals surface area contributed by atoms with Crippen molar-refractivity contribution in [2.24, 2.45) is 0 Å². The first-order valence-corrected chi connectivity index (χ1v) is 14.8. The number of nitrogens with zero attached hydrogens (tertiary/aromatic N) is 4. The molecule has 2 aromatic carbocycles. The average molecular weight is 612 g/mol. The van der Waals surface area contributed by atoms with Crippen LogP contribution in [0.4, 0.5) is 5.13 Å². The van der Waals surface area contributed by atoms with Gasteiger partial charge in [0, 0.05) is 40.2 Å². The average Bonchev–Trinajstić information content (AvgIpc) is 3.63. The Balaban J connectivity index is 1.36. The number of Topliss-reactive ketones (excluding diaryl/α,β-unsaturated/α-hetero) is 1. The molecular weight excluding hydrogens is 591 g/mol. The number of hydrogen-bond donors (Lipinski definition) is 1. The summed E-state index contributed by atoms with van der Waals surface area (Å²) >= 11 is 14.9. The largest absolute Gasteiger partial charge is 0.507 e. The predicted molar refractivity (Wildman–Crippen MR) is 155 cm³/mol. The Kier molecular flexibility index (Phi) is 7.26. The first-order chi connectivity index (χ1) is 19.3. The zero-order chi connectivity index (χ0) is 28.0. The Bertz CT molecular complexity index is 1680. The van der Waals surface area contributed by atoms with Crippen LogP contribution in [-0.4, -0.2) is 38.1 Å². The van der Waals surface area contributed by atoms with Crippen LogP contribution in [0.5, 0.6) is 5.75 Å². The number of amides is 1. The Labute approximate surface area is 247 Å². The van der Waals surface area contributed by atoms with Crippen molar-refractivity contribution >= 4 is 68.9 Å². The van der Waals surface area contributed by atoms with Gasteiger partial charge in [-0.05, 0) is 60.0 Å². The van der Waals surface area contributed by atoms with E-state index in [4.69, 9.17) is 27.9 Å². The number of carbonyl (C=O) groups excluding carboxylic acids is 2. The topological polar surface area (TPSA) is 106 Å². The van der Waals surface area contributed by atoms with Crippen LogP contribution < -0.4 is 9.64 Å². The lowest BCUT2D eigenvalue weighted by Gasteiger charge is -2.22. The first kappa shape index (κ1) is 26.8. The summed E-state index contributed by atoms with van der Waals surface area (Å²) in [5.41, 5.74) is 2.74. The van der Waals surface area contributed by atoms with Crippen LogP contribution in [0.2, 0.25) is 10.0 Å². The van der Waals surface area contributed by atoms with Crippen LogP contribution >= 0.6 is 46.3 Å². The van der Waals surface area contributed by atoms with Crippen molar-refractivity contribution in [1.29, 1.82) is 0 Å². The molecule has 2 unspecified atom stereocenters. The first-order valence-electron chi connectivity index (χ1n) is 12.2. The molecule has 0 radical (unpaired) electrons. The molecule has 202 valence electrons. The lowest BCUT2D eigenvalue weighted by atomic mass is 9.95. The fourth-order valence-electron chi connectivity index (χ4n) is 4.74. The van der Waals surface area contributed by atoms with Gasteiger partial charge in [-0.1, -0.05) is 58.4 Å². The SMILES string of the molecule is CC1Cc2cc(/C(O)=C3\C(=O)C(=O)N(c4nnc(SCc5ccc(Cl)cc5Cl)s4)C3c3cccnc3)ccc2O1. The number of fused-ring (bicyclic) bond motifs is 1. The number of anilines is 1. The molecule has 1 saturated heterocycles. The van der Waals surface area contributed by atoms with E-state index < -0.39 is 17.7 Å². The summed E-state index contributed by atoms with van der Waals surface area (Å²) in [5, 5.41) is 21.2. The number of ether oxygens (including phenoxy) is 1. The van der Waals surface area contributed by atoms with Crippen molar-refractivity contribution < 1.29 is 19.4 Å². The number of rotatable bonds is 6. The summed E-state index contributed by atoms with van der Waals surface area (Å²) in [6.07, 6.45) is 3.87. The van der Waals surface area contributed by atoms with E-state index in [2.05, 4.69) is 15.2 Å². The van der Waals surface area contributed by atoms with Gasteiger partial charge in [0.1, 0.15) is 17.6 Å². The molecule has 0 saturated carbocycles. The summed E-state index contributed by atoms with van der Waals surface area (Å²) < 4.78 is 6.35. The van der Waals surface area contributed by atoms with Crippen molar-refractivity contribution in [2.75, 3.05) is 4.90 Å². The molecule has 1 amide bonds. The number of benzene rings is 2. The van der Waals surface area contributed by atoms with E-state index in [0.29, 0.717) is 37.7 Å². The third-order valence-corrected chi connectivity index (χ3v) is 9.27. The summed E-state index contributed by atoms with van der Waals surface area (Å²) in [5.74, 6) is -0.632. The molecule has 6 rings (SSSR count). The monoisotopic (exact) mass is 610 g/mol. The highest BCUT2D eigenvalue weighted by molar-refractivity contribution is 8.00. The minimum Gasteiger partial charge on any atom is -0.507 e. The Morgan fingerprint density at radius 3 is 2.80 bits per heavy atom. The molecular formula is C28H20Cl2N4O4S2. The molecule has 8 nitrogen and oxygen atoms in total. The van der Waals surface area contributed by atoms with Crippen molar-refractivity contribution in [1.82, 2.24) is 15.2 Å². The second-order valence-electron chi connectivity index (χ2n) is 9.29. The second kappa shape index (κ2) is 10.9. The summed E-state index contributed by atoms with van der Waals surface area (Å²) in [7, 11) is 0. The highest BCUT2D eigenvalue weighted by Gasteiger charge is 2.48. The maximum Gasteiger partial charge on any atom is 0.301 e. The zero-order valence-electron chi connectivity index (χ0n) is 20.9. The predicted octanol–water partition coefficient (Wildman–Crippen LogP) is 6.48. The highest BCUT2D eigenvalue weighted by atomic mass is 35.5. The third kappa shape index (κ3) is 4.96. The minimum absolute atomic E-state index is 0.0218. The third-order valence-electron chi connectivity index (χ3n) is 6.58. The van der Waals surface area contributed by atoms with Crippen molar-refractivity contribution in [3.63, 3.8) is 0 Å². The molecule has 2 atom stereocenters. The normalized spacial score (nSPS) is 19.6. The smallest absolute Gasteiger partial charge is 0.301 e. The molecule has 0 spiro atoms. The number of aliphatic hydroxyl groups excluding tert-OH is 1. The van der Waals surface area contributed by atoms with Gasteiger partial charge in [0.2, 0.25) is 5.13 Å². The molecule has 1 N–H and O–H groups in total. The van der Waals surface area contributed by atoms with Gasteiger partial charge in [-0.15, -0.1) is 10.2 Å². The van der Waals surface area contributed by atoms with E-state index in [1.807, 2.05) is 13.0 Å². The van der Waals surface area contributed by atoms with Crippen molar-refractivity contribution in [3.8, 4) is 5.75 Å². The van der Waals surface area contributed by atoms with E-state index in [0.717, 1.165) is 16.9 Å². The van der Waals surface area contributed by atoms with Crippen molar-refractivity contribution in [2.45, 2.75) is 35.6 Å². The number of halogens is 2. The van der Waals surface area contributed by atoms with E-state index >= 15 is 0 Å². The Morgan fingerprint density at radius 1 is 1.18 bits per heavy atom. The van der Waals surface area contributed by atoms with Gasteiger partial charge in [0.05, 0.1) is 11.6 Å². The highest BCUT2D eigenvalue weighted by Crippen LogP contribution is 2.44. The number of thioether (sulfide) groups is 1. The van der Waals surface area contributed by atoms with Gasteiger partial charge in [0.15, 0.2) is 4.34 Å². The van der Waals surface area contributed by atoms with Crippen LogP contribution in [0, 0.1) is 0 Å². The fraction of sp³-hybridized carbons (Fsp3) is 0.179. The molecule has 2 aliphatic rings. The minimum atomic E-state index is -0.936. The lowest BCUT2D eigenvalue weighted by Crippen LogP contribution is -2.29. The number of aromatic nitrogens is 3. The number of aliphatic hydroxyl groups is 1. The summed E-state index contributed by atoms with van der Waals surface area (Å²) in [6, 6.07) is 13.0. The van der Waals surface area contributed by atoms with Crippen LogP contribution in [-0.2, 0) is 21.8 Å². The molecule has 2 aliphatic heterocycles. The standard InChI is InChI=1S/C28H20Cl2N4O4S2/c1-14-9-18-10-15(5-7-21(18)38-14)24(35)22-23(16-3-2-8-31-12-16)34(26(37)25(22)36)27-32-33-28(40-27)39-13-17-4-6-19(29)11-20(17)30/h2-8,10-12,14,23,35H,9,13H2,1H3/b24-22+.